The van der Waals surface area contributed by atoms with E-state index in [-0.39, 0.29) is 47.3 Å². The van der Waals surface area contributed by atoms with Crippen LogP contribution in [-0.4, -0.2) is 25.0 Å². The summed E-state index contributed by atoms with van der Waals surface area (Å²) in [5.74, 6) is -0.647. The Hall–Kier alpha value is -2.28. The molecule has 5 nitrogen and oxygen atoms in total. The van der Waals surface area contributed by atoms with E-state index in [0.29, 0.717) is 5.70 Å². The van der Waals surface area contributed by atoms with Crippen molar-refractivity contribution in [1.82, 2.24) is 10.6 Å². The molecule has 0 unspecified atom stereocenters. The van der Waals surface area contributed by atoms with E-state index in [1.807, 2.05) is 0 Å². The molecule has 2 N–H and O–H groups in total. The molecule has 0 aliphatic heterocycles. The third kappa shape index (κ3) is 12.2. The lowest BCUT2D eigenvalue weighted by molar-refractivity contribution is -0.123. The van der Waals surface area contributed by atoms with Gasteiger partial charge in [0.15, 0.2) is 6.61 Å². The van der Waals surface area contributed by atoms with Crippen LogP contribution in [0.3, 0.4) is 0 Å². The number of halogens is 4. The molecule has 0 aliphatic carbocycles. The van der Waals surface area contributed by atoms with Crippen LogP contribution in [0.4, 0.5) is 4.39 Å². The van der Waals surface area contributed by atoms with Crippen molar-refractivity contribution < 1.29 is 18.7 Å². The van der Waals surface area contributed by atoms with E-state index < -0.39 is 11.8 Å². The molecule has 0 atom stereocenters. The van der Waals surface area contributed by atoms with Gasteiger partial charge in [0.05, 0.1) is 10.1 Å². The molecule has 0 aromatic rings. The van der Waals surface area contributed by atoms with Crippen LogP contribution < -0.4 is 10.6 Å². The number of rotatable bonds is 12. The first-order valence-corrected chi connectivity index (χ1v) is 8.94. The highest BCUT2D eigenvalue weighted by Crippen LogP contribution is 2.10. The molecule has 0 radical (unpaired) electrons. The van der Waals surface area contributed by atoms with Crippen LogP contribution in [-0.2, 0) is 14.3 Å². The highest BCUT2D eigenvalue weighted by molar-refractivity contribution is 6.37. The Labute approximate surface area is 178 Å². The summed E-state index contributed by atoms with van der Waals surface area (Å²) in [6.45, 7) is 10.7. The largest absolute Gasteiger partial charge is 0.484 e. The van der Waals surface area contributed by atoms with Gasteiger partial charge in [-0.1, -0.05) is 54.5 Å². The van der Waals surface area contributed by atoms with E-state index in [1.165, 1.54) is 24.3 Å². The van der Waals surface area contributed by atoms with Crippen LogP contribution in [0.15, 0.2) is 83.0 Å². The Morgan fingerprint density at radius 2 is 1.82 bits per heavy atom. The van der Waals surface area contributed by atoms with Crippen molar-refractivity contribution in [2.75, 3.05) is 13.2 Å². The standard InChI is InChI=1S/C19H20Cl3FN2O3/c1-4-17(9-16(22)10-20)28-12-18(26)25-14(3)7-8-24-19(27)13(2)5-6-15(21)11-23/h4-6,9-11H,1-3,7-8,12H2,(H,24,27)(H,25,26)/b6-5-,15-11-,16-10-,17-9+. The monoisotopic (exact) mass is 448 g/mol. The molecule has 0 heterocycles. The van der Waals surface area contributed by atoms with Crippen molar-refractivity contribution in [3.63, 3.8) is 0 Å². The molecule has 0 aromatic heterocycles. The summed E-state index contributed by atoms with van der Waals surface area (Å²) < 4.78 is 17.3. The van der Waals surface area contributed by atoms with Crippen molar-refractivity contribution in [3.8, 4) is 0 Å². The van der Waals surface area contributed by atoms with Crippen molar-refractivity contribution in [3.05, 3.63) is 83.0 Å². The molecule has 0 aromatic carbocycles. The number of ether oxygens (including phenoxy) is 1. The molecular formula is C19H20Cl3FN2O3. The number of nitrogens with one attached hydrogen (secondary N) is 2. The Morgan fingerprint density at radius 3 is 2.39 bits per heavy atom. The van der Waals surface area contributed by atoms with Crippen molar-refractivity contribution in [1.29, 1.82) is 0 Å². The Bertz CT molecular complexity index is 741. The number of hydrogen-bond acceptors (Lipinski definition) is 3. The Kier molecular flexibility index (Phi) is 13.5. The zero-order valence-corrected chi connectivity index (χ0v) is 17.2. The lowest BCUT2D eigenvalue weighted by Crippen LogP contribution is -2.30. The smallest absolute Gasteiger partial charge is 0.262 e. The van der Waals surface area contributed by atoms with Gasteiger partial charge in [0.1, 0.15) is 12.1 Å². The van der Waals surface area contributed by atoms with Gasteiger partial charge in [0.2, 0.25) is 0 Å². The number of carbonyl (C=O) groups is 2. The van der Waals surface area contributed by atoms with Gasteiger partial charge >= 0.3 is 0 Å². The second kappa shape index (κ2) is 14.7. The van der Waals surface area contributed by atoms with Crippen LogP contribution in [0.5, 0.6) is 0 Å². The van der Waals surface area contributed by atoms with Gasteiger partial charge in [0, 0.05) is 29.8 Å². The molecule has 28 heavy (non-hydrogen) atoms. The zero-order chi connectivity index (χ0) is 21.5. The van der Waals surface area contributed by atoms with Crippen LogP contribution >= 0.6 is 34.8 Å². The van der Waals surface area contributed by atoms with Gasteiger partial charge in [-0.2, -0.15) is 0 Å². The second-order valence-corrected chi connectivity index (χ2v) is 6.13. The van der Waals surface area contributed by atoms with Gasteiger partial charge < -0.3 is 15.4 Å². The molecular weight excluding hydrogens is 430 g/mol. The fourth-order valence-corrected chi connectivity index (χ4v) is 1.74. The molecule has 2 amide bonds. The fourth-order valence-electron chi connectivity index (χ4n) is 1.50. The highest BCUT2D eigenvalue weighted by Gasteiger charge is 2.07. The van der Waals surface area contributed by atoms with Gasteiger partial charge in [-0.15, -0.1) is 0 Å². The lowest BCUT2D eigenvalue weighted by atomic mass is 10.2. The minimum atomic E-state index is -0.466. The Morgan fingerprint density at radius 1 is 1.14 bits per heavy atom. The van der Waals surface area contributed by atoms with E-state index in [1.54, 1.807) is 0 Å². The third-order valence-corrected chi connectivity index (χ3v) is 3.60. The van der Waals surface area contributed by atoms with E-state index >= 15 is 0 Å². The summed E-state index contributed by atoms with van der Waals surface area (Å²) in [5.41, 5.74) is 1.61. The molecule has 0 aliphatic rings. The first-order valence-electron chi connectivity index (χ1n) is 7.75. The highest BCUT2D eigenvalue weighted by atomic mass is 35.5. The van der Waals surface area contributed by atoms with Crippen LogP contribution in [0.2, 0.25) is 0 Å². The predicted octanol–water partition coefficient (Wildman–Crippen LogP) is 4.69. The molecule has 0 saturated heterocycles. The summed E-state index contributed by atoms with van der Waals surface area (Å²) in [7, 11) is 0. The van der Waals surface area contributed by atoms with E-state index in [9.17, 15) is 14.0 Å². The summed E-state index contributed by atoms with van der Waals surface area (Å²) in [6, 6.07) is 0. The van der Waals surface area contributed by atoms with Crippen LogP contribution in [0, 0.1) is 0 Å². The Balaban J connectivity index is 4.28. The maximum Gasteiger partial charge on any atom is 0.262 e. The minimum Gasteiger partial charge on any atom is -0.484 e. The SMILES string of the molecule is C=C/C(=C\C(Cl)=C\Cl)OCC(=O)NC(=C)CCNC(=O)C(=C)/C=C\C(Cl)=C\F. The van der Waals surface area contributed by atoms with Crippen LogP contribution in [0.25, 0.3) is 0 Å². The molecule has 0 fully saturated rings. The maximum atomic E-state index is 12.1. The minimum absolute atomic E-state index is 0.0939. The lowest BCUT2D eigenvalue weighted by Gasteiger charge is -2.11. The quantitative estimate of drug-likeness (QED) is 0.258. The first kappa shape index (κ1) is 25.7. The number of carbonyl (C=O) groups excluding carboxylic acids is 2. The van der Waals surface area contributed by atoms with E-state index in [2.05, 4.69) is 30.4 Å². The normalized spacial score (nSPS) is 12.5. The van der Waals surface area contributed by atoms with Gasteiger partial charge in [-0.3, -0.25) is 9.59 Å². The fraction of sp³-hybridized carbons (Fsp3) is 0.158. The predicted molar refractivity (Wildman–Crippen MR) is 112 cm³/mol. The second-order valence-electron chi connectivity index (χ2n) is 5.04. The summed E-state index contributed by atoms with van der Waals surface area (Å²) in [6.07, 6.45) is 5.72. The molecule has 0 rings (SSSR count). The van der Waals surface area contributed by atoms with E-state index in [0.717, 1.165) is 5.54 Å². The first-order chi connectivity index (χ1) is 13.2. The zero-order valence-electron chi connectivity index (χ0n) is 14.9. The van der Waals surface area contributed by atoms with Crippen molar-refractivity contribution in [2.24, 2.45) is 0 Å². The van der Waals surface area contributed by atoms with Gasteiger partial charge in [-0.25, -0.2) is 4.39 Å². The summed E-state index contributed by atoms with van der Waals surface area (Å²) in [5, 5.41) is 5.15. The van der Waals surface area contributed by atoms with Crippen LogP contribution in [0.1, 0.15) is 6.42 Å². The van der Waals surface area contributed by atoms with Crippen molar-refractivity contribution in [2.45, 2.75) is 6.42 Å². The molecule has 152 valence electrons. The topological polar surface area (TPSA) is 67.4 Å². The molecule has 0 bridgehead atoms. The number of allylic oxidation sites excluding steroid dienone is 5. The summed E-state index contributed by atoms with van der Waals surface area (Å²) in [4.78, 5) is 23.6. The maximum absolute atomic E-state index is 12.1. The summed E-state index contributed by atoms with van der Waals surface area (Å²) >= 11 is 16.6. The van der Waals surface area contributed by atoms with E-state index in [4.69, 9.17) is 39.5 Å². The van der Waals surface area contributed by atoms with Crippen molar-refractivity contribution >= 4 is 46.6 Å². The van der Waals surface area contributed by atoms with Gasteiger partial charge in [0.25, 0.3) is 11.8 Å². The molecule has 0 saturated carbocycles. The average molecular weight is 450 g/mol. The molecule has 9 heteroatoms. The average Bonchev–Trinajstić information content (AvgIpc) is 2.68. The molecule has 0 spiro atoms. The van der Waals surface area contributed by atoms with Gasteiger partial charge in [-0.05, 0) is 24.3 Å². The third-order valence-electron chi connectivity index (χ3n) is 2.82. The number of hydrogen-bond donors (Lipinski definition) is 2. The number of amides is 2.